The van der Waals surface area contributed by atoms with Gasteiger partial charge in [0.05, 0.1) is 0 Å². The molecule has 0 aromatic carbocycles. The van der Waals surface area contributed by atoms with Gasteiger partial charge in [0.1, 0.15) is 0 Å². The van der Waals surface area contributed by atoms with E-state index < -0.39 is 0 Å². The van der Waals surface area contributed by atoms with Gasteiger partial charge in [-0.3, -0.25) is 6.79 Å². The van der Waals surface area contributed by atoms with Crippen LogP contribution in [0.1, 0.15) is 0 Å². The summed E-state index contributed by atoms with van der Waals surface area (Å²) in [5.74, 6) is 0. The number of rotatable bonds is 0. The molecule has 0 heterocycles. The summed E-state index contributed by atoms with van der Waals surface area (Å²) >= 11 is 0. The Bertz CT molecular complexity index is 8.75. The van der Waals surface area contributed by atoms with Gasteiger partial charge in [0.15, 0.2) is 0 Å². The molecule has 0 unspecified atom stereocenters. The summed E-state index contributed by atoms with van der Waals surface area (Å²) in [7, 11) is 0. The topological polar surface area (TPSA) is 17.1 Å². The third-order valence-electron chi connectivity index (χ3n) is 0. The molecule has 1 nitrogen and oxygen atoms in total. The standard InChI is InChI=1S/CHO.2CH3.2Cr/c1-2;;;;/h1H;2*1H3;;/q3*-1;;+2. The molecular formula is C3H7Cr2O-. The van der Waals surface area contributed by atoms with Crippen molar-refractivity contribution in [3.63, 3.8) is 0 Å². The fourth-order valence-corrected chi connectivity index (χ4v) is 0. The molecule has 3 heteroatoms. The van der Waals surface area contributed by atoms with Gasteiger partial charge in [-0.15, -0.1) is 0 Å². The minimum atomic E-state index is 0. The fourth-order valence-electron chi connectivity index (χ4n) is 0. The summed E-state index contributed by atoms with van der Waals surface area (Å²) in [6.45, 7) is 3.25. The third-order valence-corrected chi connectivity index (χ3v) is 0. The zero-order valence-corrected chi connectivity index (χ0v) is 6.35. The zero-order valence-electron chi connectivity index (χ0n) is 3.80. The van der Waals surface area contributed by atoms with E-state index in [4.69, 9.17) is 4.79 Å². The van der Waals surface area contributed by atoms with Crippen LogP contribution >= 0.6 is 0 Å². The van der Waals surface area contributed by atoms with Crippen molar-refractivity contribution in [3.8, 4) is 0 Å². The van der Waals surface area contributed by atoms with Crippen molar-refractivity contribution in [1.82, 2.24) is 0 Å². The molecule has 0 aliphatic heterocycles. The SMILES string of the molecule is [CH-]=O.[CH3-].[CH3-].[Cr+2].[Cr]. The quantitative estimate of drug-likeness (QED) is 0.378. The Morgan fingerprint density at radius 1 is 1.00 bits per heavy atom. The molecule has 0 saturated heterocycles. The minimum absolute atomic E-state index is 0. The van der Waals surface area contributed by atoms with E-state index in [9.17, 15) is 0 Å². The number of hydrogen-bond acceptors (Lipinski definition) is 1. The Morgan fingerprint density at radius 3 is 1.00 bits per heavy atom. The molecule has 6 heavy (non-hydrogen) atoms. The van der Waals surface area contributed by atoms with Crippen LogP contribution in [-0.4, -0.2) is 6.79 Å². The monoisotopic (exact) mass is 163 g/mol. The molecule has 0 aromatic rings. The van der Waals surface area contributed by atoms with Gasteiger partial charge in [-0.25, -0.2) is 0 Å². The second kappa shape index (κ2) is 238. The van der Waals surface area contributed by atoms with Crippen LogP contribution in [0.2, 0.25) is 0 Å². The van der Waals surface area contributed by atoms with Crippen LogP contribution < -0.4 is 0 Å². The first-order valence-corrected chi connectivity index (χ1v) is 0.236. The summed E-state index contributed by atoms with van der Waals surface area (Å²) in [4.78, 5) is 7.75. The van der Waals surface area contributed by atoms with Crippen molar-refractivity contribution >= 4 is 6.79 Å². The Labute approximate surface area is 61.4 Å². The zero-order chi connectivity index (χ0) is 2.00. The Morgan fingerprint density at radius 2 is 1.00 bits per heavy atom. The molecule has 0 fully saturated rings. The van der Waals surface area contributed by atoms with Crippen molar-refractivity contribution in [1.29, 1.82) is 0 Å². The smallest absolute Gasteiger partial charge is 0.545 e. The molecule has 0 saturated carbocycles. The van der Waals surface area contributed by atoms with Crippen LogP contribution in [0.25, 0.3) is 0 Å². The van der Waals surface area contributed by atoms with Gasteiger partial charge >= 0.3 is 17.4 Å². The second-order valence-electron chi connectivity index (χ2n) is 0. The first-order valence-electron chi connectivity index (χ1n) is 0.236. The van der Waals surface area contributed by atoms with Gasteiger partial charge in [-0.1, -0.05) is 0 Å². The predicted octanol–water partition coefficient (Wildman–Crippen LogP) is 0.621. The van der Waals surface area contributed by atoms with Crippen LogP contribution in [0.3, 0.4) is 0 Å². The van der Waals surface area contributed by atoms with Crippen LogP contribution in [0.5, 0.6) is 0 Å². The molecule has 38 valence electrons. The molecule has 0 atom stereocenters. The fraction of sp³-hybridized carbons (Fsp3) is 0. The van der Waals surface area contributed by atoms with Crippen molar-refractivity contribution in [2.75, 3.05) is 0 Å². The Kier molecular flexibility index (Phi) is 2920. The summed E-state index contributed by atoms with van der Waals surface area (Å²) in [6, 6.07) is 0. The van der Waals surface area contributed by atoms with Crippen LogP contribution in [0.4, 0.5) is 0 Å². The van der Waals surface area contributed by atoms with Crippen molar-refractivity contribution in [2.24, 2.45) is 0 Å². The van der Waals surface area contributed by atoms with Crippen LogP contribution in [-0.2, 0) is 39.5 Å². The van der Waals surface area contributed by atoms with E-state index >= 15 is 0 Å². The average molecular weight is 163 g/mol. The molecular weight excluding hydrogens is 156 g/mol. The van der Waals surface area contributed by atoms with Crippen molar-refractivity contribution < 1.29 is 39.5 Å². The van der Waals surface area contributed by atoms with E-state index in [1.807, 2.05) is 0 Å². The van der Waals surface area contributed by atoms with E-state index in [2.05, 4.69) is 6.79 Å². The van der Waals surface area contributed by atoms with E-state index in [1.165, 1.54) is 0 Å². The maximum atomic E-state index is 7.75. The van der Waals surface area contributed by atoms with E-state index in [0.29, 0.717) is 0 Å². The van der Waals surface area contributed by atoms with Gasteiger partial charge in [0.25, 0.3) is 0 Å². The average Bonchev–Trinajstić information content (AvgIpc) is 1.00. The van der Waals surface area contributed by atoms with Gasteiger partial charge in [-0.05, 0) is 0 Å². The second-order valence-corrected chi connectivity index (χ2v) is 0. The van der Waals surface area contributed by atoms with E-state index in [0.717, 1.165) is 0 Å². The Hall–Kier alpha value is 0.735. The summed E-state index contributed by atoms with van der Waals surface area (Å²) in [5, 5.41) is 0. The number of hydrogen-bond donors (Lipinski definition) is 0. The summed E-state index contributed by atoms with van der Waals surface area (Å²) in [6.07, 6.45) is 0. The molecule has 0 radical (unpaired) electrons. The predicted molar refractivity (Wildman–Crippen MR) is 19.6 cm³/mol. The van der Waals surface area contributed by atoms with E-state index in [1.54, 1.807) is 0 Å². The minimum Gasteiger partial charge on any atom is -0.545 e. The van der Waals surface area contributed by atoms with Gasteiger partial charge in [0.2, 0.25) is 0 Å². The first kappa shape index (κ1) is 73.6. The Balaban J connectivity index is -0.000000000833. The summed E-state index contributed by atoms with van der Waals surface area (Å²) < 4.78 is 0. The molecule has 0 aliphatic rings. The van der Waals surface area contributed by atoms with Gasteiger partial charge in [-0.2, -0.15) is 0 Å². The van der Waals surface area contributed by atoms with Gasteiger partial charge < -0.3 is 19.6 Å². The van der Waals surface area contributed by atoms with Crippen LogP contribution in [0, 0.1) is 14.9 Å². The maximum absolute atomic E-state index is 7.75. The molecule has 0 spiro atoms. The van der Waals surface area contributed by atoms with Crippen molar-refractivity contribution in [3.05, 3.63) is 14.9 Å². The molecule has 0 bridgehead atoms. The van der Waals surface area contributed by atoms with Crippen molar-refractivity contribution in [2.45, 2.75) is 0 Å². The van der Waals surface area contributed by atoms with E-state index in [-0.39, 0.29) is 49.6 Å². The largest absolute Gasteiger partial charge is 2.00 e. The number of carbonyl (C=O) groups excluding carboxylic acids is 1. The summed E-state index contributed by atoms with van der Waals surface area (Å²) in [5.41, 5.74) is 0. The molecule has 0 rings (SSSR count). The normalized spacial score (nSPS) is 0.667. The molecule has 0 N–H and O–H groups in total. The maximum Gasteiger partial charge on any atom is 2.00 e. The molecule has 0 aliphatic carbocycles. The van der Waals surface area contributed by atoms with Gasteiger partial charge in [0, 0.05) is 17.4 Å². The third kappa shape index (κ3) is 122. The molecule has 0 aromatic heterocycles. The molecule has 0 amide bonds. The van der Waals surface area contributed by atoms with Crippen LogP contribution in [0.15, 0.2) is 0 Å². The first-order chi connectivity index (χ1) is 1.00.